The number of sulfonamides is 1. The van der Waals surface area contributed by atoms with Crippen molar-refractivity contribution in [2.75, 3.05) is 11.3 Å². The monoisotopic (exact) mass is 458 g/mol. The molecule has 0 unspecified atom stereocenters. The fraction of sp³-hybridized carbons (Fsp3) is 0.450. The predicted molar refractivity (Wildman–Crippen MR) is 113 cm³/mol. The summed E-state index contributed by atoms with van der Waals surface area (Å²) in [5.74, 6) is -0.462. The number of rotatable bonds is 8. The van der Waals surface area contributed by atoms with Crippen molar-refractivity contribution in [1.82, 2.24) is 4.57 Å². The average Bonchev–Trinajstić information content (AvgIpc) is 3.45. The van der Waals surface area contributed by atoms with Crippen molar-refractivity contribution in [3.63, 3.8) is 0 Å². The molecule has 164 valence electrons. The lowest BCUT2D eigenvalue weighted by molar-refractivity contribution is 0.0858. The minimum atomic E-state index is -3.97. The van der Waals surface area contributed by atoms with Gasteiger partial charge in [-0.05, 0) is 49.4 Å². The highest BCUT2D eigenvalue weighted by Crippen LogP contribution is 2.48. The predicted octanol–water partition coefficient (Wildman–Crippen LogP) is 2.09. The summed E-state index contributed by atoms with van der Waals surface area (Å²) >= 11 is 6.00. The van der Waals surface area contributed by atoms with Gasteiger partial charge >= 0.3 is 0 Å². The summed E-state index contributed by atoms with van der Waals surface area (Å²) in [4.78, 5) is 12.3. The van der Waals surface area contributed by atoms with Crippen molar-refractivity contribution in [3.05, 3.63) is 62.3 Å². The summed E-state index contributed by atoms with van der Waals surface area (Å²) in [6.07, 6.45) is -0.630. The first-order chi connectivity index (χ1) is 14.0. The number of aliphatic hydroxyl groups excluding tert-OH is 2. The summed E-state index contributed by atoms with van der Waals surface area (Å²) in [6.45, 7) is 1.21. The number of nitrogens with zero attached hydrogens (tertiary/aromatic N) is 1. The SMILES string of the molecule is Cc1ccc(Cc2c(NS(=O)(=O)C3(C[C@@H](O)CO)CC3)cc(Cl)c(=O)n2C)c(F)c1. The zero-order valence-corrected chi connectivity index (χ0v) is 18.2. The van der Waals surface area contributed by atoms with Gasteiger partial charge in [-0.15, -0.1) is 0 Å². The molecule has 3 N–H and O–H groups in total. The molecule has 2 aromatic rings. The second-order valence-corrected chi connectivity index (χ2v) is 10.3. The Morgan fingerprint density at radius 1 is 1.33 bits per heavy atom. The van der Waals surface area contributed by atoms with Gasteiger partial charge in [0.05, 0.1) is 23.1 Å². The minimum Gasteiger partial charge on any atom is -0.394 e. The van der Waals surface area contributed by atoms with E-state index in [-0.39, 0.29) is 29.2 Å². The zero-order valence-electron chi connectivity index (χ0n) is 16.7. The molecule has 1 atom stereocenters. The molecular weight excluding hydrogens is 435 g/mol. The molecule has 7 nitrogen and oxygen atoms in total. The molecule has 0 amide bonds. The molecule has 0 radical (unpaired) electrons. The number of aryl methyl sites for hydroxylation is 1. The van der Waals surface area contributed by atoms with Crippen molar-refractivity contribution < 1.29 is 23.0 Å². The minimum absolute atomic E-state index is 0.0286. The molecule has 10 heteroatoms. The molecule has 0 bridgehead atoms. The fourth-order valence-corrected chi connectivity index (χ4v) is 5.45. The number of aromatic nitrogens is 1. The summed E-state index contributed by atoms with van der Waals surface area (Å²) < 4.78 is 43.0. The van der Waals surface area contributed by atoms with Gasteiger partial charge in [-0.2, -0.15) is 0 Å². The van der Waals surface area contributed by atoms with E-state index in [1.807, 2.05) is 0 Å². The molecule has 0 spiro atoms. The number of benzene rings is 1. The standard InChI is InChI=1S/C20H24ClFN2O5S/c1-12-3-4-13(16(22)7-12)8-18-17(9-15(21)19(27)24(18)2)23-30(28,29)20(5-6-20)10-14(26)11-25/h3-4,7,9,14,23,25-26H,5-6,8,10-11H2,1-2H3/t14-/m1/s1. The number of hydrogen-bond donors (Lipinski definition) is 3. The summed E-state index contributed by atoms with van der Waals surface area (Å²) in [5.41, 5.74) is 0.843. The van der Waals surface area contributed by atoms with Crippen LogP contribution in [0.2, 0.25) is 5.02 Å². The van der Waals surface area contributed by atoms with E-state index < -0.39 is 38.9 Å². The van der Waals surface area contributed by atoms with Crippen molar-refractivity contribution in [1.29, 1.82) is 0 Å². The Hall–Kier alpha value is -1.94. The van der Waals surface area contributed by atoms with E-state index >= 15 is 0 Å². The molecule has 1 fully saturated rings. The molecule has 1 aliphatic carbocycles. The maximum absolute atomic E-state index is 14.4. The molecule has 1 aromatic carbocycles. The Balaban J connectivity index is 2.01. The molecule has 30 heavy (non-hydrogen) atoms. The zero-order chi connectivity index (χ0) is 22.3. The average molecular weight is 459 g/mol. The van der Waals surface area contributed by atoms with E-state index in [4.69, 9.17) is 16.7 Å². The van der Waals surface area contributed by atoms with Crippen molar-refractivity contribution in [2.45, 2.75) is 43.5 Å². The van der Waals surface area contributed by atoms with E-state index in [9.17, 15) is 22.7 Å². The lowest BCUT2D eigenvalue weighted by Crippen LogP contribution is -2.35. The molecule has 1 aromatic heterocycles. The number of anilines is 1. The highest BCUT2D eigenvalue weighted by atomic mass is 35.5. The van der Waals surface area contributed by atoms with Crippen LogP contribution in [-0.4, -0.2) is 40.7 Å². The van der Waals surface area contributed by atoms with Crippen LogP contribution in [0, 0.1) is 12.7 Å². The normalized spacial score (nSPS) is 16.3. The fourth-order valence-electron chi connectivity index (χ4n) is 3.48. The second-order valence-electron chi connectivity index (χ2n) is 7.82. The molecule has 0 saturated heterocycles. The van der Waals surface area contributed by atoms with Gasteiger partial charge in [0.25, 0.3) is 5.56 Å². The van der Waals surface area contributed by atoms with Gasteiger partial charge in [0.15, 0.2) is 0 Å². The van der Waals surface area contributed by atoms with Gasteiger partial charge in [0.2, 0.25) is 10.0 Å². The molecular formula is C20H24ClFN2O5S. The first-order valence-electron chi connectivity index (χ1n) is 9.44. The third-order valence-electron chi connectivity index (χ3n) is 5.50. The molecule has 1 heterocycles. The van der Waals surface area contributed by atoms with Crippen LogP contribution < -0.4 is 10.3 Å². The Kier molecular flexibility index (Phi) is 6.29. The number of nitrogens with one attached hydrogen (secondary N) is 1. The first kappa shape index (κ1) is 22.7. The van der Waals surface area contributed by atoms with Gasteiger partial charge < -0.3 is 14.8 Å². The van der Waals surface area contributed by atoms with Gasteiger partial charge in [-0.1, -0.05) is 23.7 Å². The number of pyridine rings is 1. The topological polar surface area (TPSA) is 109 Å². The molecule has 3 rings (SSSR count). The van der Waals surface area contributed by atoms with E-state index in [2.05, 4.69) is 4.72 Å². The van der Waals surface area contributed by atoms with E-state index in [1.54, 1.807) is 19.1 Å². The maximum Gasteiger partial charge on any atom is 0.269 e. The van der Waals surface area contributed by atoms with Crippen molar-refractivity contribution >= 4 is 27.3 Å². The van der Waals surface area contributed by atoms with E-state index in [0.717, 1.165) is 5.56 Å². The van der Waals surface area contributed by atoms with Crippen LogP contribution in [0.3, 0.4) is 0 Å². The first-order valence-corrected chi connectivity index (χ1v) is 11.3. The van der Waals surface area contributed by atoms with Gasteiger partial charge in [-0.25, -0.2) is 12.8 Å². The van der Waals surface area contributed by atoms with Crippen LogP contribution in [0.15, 0.2) is 29.1 Å². The highest BCUT2D eigenvalue weighted by molar-refractivity contribution is 7.94. The Morgan fingerprint density at radius 2 is 2.00 bits per heavy atom. The molecule has 0 aliphatic heterocycles. The highest BCUT2D eigenvalue weighted by Gasteiger charge is 2.55. The van der Waals surface area contributed by atoms with Crippen LogP contribution in [0.4, 0.5) is 10.1 Å². The van der Waals surface area contributed by atoms with Gasteiger partial charge in [-0.3, -0.25) is 9.52 Å². The van der Waals surface area contributed by atoms with Gasteiger partial charge in [0.1, 0.15) is 10.8 Å². The number of hydrogen-bond acceptors (Lipinski definition) is 5. The lowest BCUT2D eigenvalue weighted by atomic mass is 10.1. The van der Waals surface area contributed by atoms with Crippen LogP contribution in [0.25, 0.3) is 0 Å². The second kappa shape index (κ2) is 8.30. The quantitative estimate of drug-likeness (QED) is 0.561. The summed E-state index contributed by atoms with van der Waals surface area (Å²) in [6, 6.07) is 5.90. The largest absolute Gasteiger partial charge is 0.394 e. The Labute approximate surface area is 179 Å². The van der Waals surface area contributed by atoms with Crippen molar-refractivity contribution in [2.24, 2.45) is 7.05 Å². The summed E-state index contributed by atoms with van der Waals surface area (Å²) in [5, 5.41) is 18.6. The van der Waals surface area contributed by atoms with Crippen LogP contribution >= 0.6 is 11.6 Å². The van der Waals surface area contributed by atoms with E-state index in [1.165, 1.54) is 23.7 Å². The third-order valence-corrected chi connectivity index (χ3v) is 7.98. The van der Waals surface area contributed by atoms with Crippen LogP contribution in [0.1, 0.15) is 36.1 Å². The van der Waals surface area contributed by atoms with Crippen molar-refractivity contribution in [3.8, 4) is 0 Å². The third kappa shape index (κ3) is 4.39. The number of halogens is 2. The molecule has 1 aliphatic rings. The lowest BCUT2D eigenvalue weighted by Gasteiger charge is -2.22. The smallest absolute Gasteiger partial charge is 0.269 e. The van der Waals surface area contributed by atoms with Gasteiger partial charge in [0, 0.05) is 19.2 Å². The van der Waals surface area contributed by atoms with Crippen LogP contribution in [0.5, 0.6) is 0 Å². The Bertz CT molecular complexity index is 1130. The maximum atomic E-state index is 14.4. The molecule has 1 saturated carbocycles. The van der Waals surface area contributed by atoms with E-state index in [0.29, 0.717) is 18.4 Å². The number of aliphatic hydroxyl groups is 2. The Morgan fingerprint density at radius 3 is 2.57 bits per heavy atom. The summed E-state index contributed by atoms with van der Waals surface area (Å²) in [7, 11) is -2.53. The van der Waals surface area contributed by atoms with Crippen LogP contribution in [-0.2, 0) is 23.5 Å².